The average molecular weight is 387 g/mol. The van der Waals surface area contributed by atoms with Crippen molar-refractivity contribution in [3.8, 4) is 0 Å². The molecule has 146 valence electrons. The standard InChI is InChI=1S/C22H20F3NO2/c23-22(24,25)13-7-4-8-14(11-13)26-20(27)18-15-9-10-16(19(18)21(26)28)17(15)12-5-2-1-3-6-12/h4,7-11,15-16,18-19H,1-3,5-6H2/t15-,16-,18+,19+/m0/s1. The minimum Gasteiger partial charge on any atom is -0.274 e. The lowest BCUT2D eigenvalue weighted by atomic mass is 9.85. The number of imide groups is 1. The number of carbonyl (C=O) groups is 2. The fourth-order valence-corrected chi connectivity index (χ4v) is 5.58. The summed E-state index contributed by atoms with van der Waals surface area (Å²) < 4.78 is 39.2. The van der Waals surface area contributed by atoms with Gasteiger partial charge in [0.15, 0.2) is 0 Å². The molecule has 0 N–H and O–H groups in total. The van der Waals surface area contributed by atoms with Gasteiger partial charge in [0.1, 0.15) is 0 Å². The van der Waals surface area contributed by atoms with Gasteiger partial charge in [-0.2, -0.15) is 13.2 Å². The van der Waals surface area contributed by atoms with Crippen LogP contribution in [0.1, 0.15) is 37.7 Å². The van der Waals surface area contributed by atoms with E-state index in [4.69, 9.17) is 0 Å². The molecule has 0 radical (unpaired) electrons. The number of benzene rings is 1. The van der Waals surface area contributed by atoms with Crippen molar-refractivity contribution in [3.05, 3.63) is 53.1 Å². The third-order valence-corrected chi connectivity index (χ3v) is 6.71. The molecule has 2 saturated carbocycles. The smallest absolute Gasteiger partial charge is 0.274 e. The first-order chi connectivity index (χ1) is 13.4. The first kappa shape index (κ1) is 17.7. The molecule has 4 aliphatic rings. The Morgan fingerprint density at radius 3 is 2.07 bits per heavy atom. The van der Waals surface area contributed by atoms with Crippen LogP contribution in [-0.4, -0.2) is 11.8 Å². The van der Waals surface area contributed by atoms with E-state index in [2.05, 4.69) is 0 Å². The minimum atomic E-state index is -4.52. The van der Waals surface area contributed by atoms with Crippen molar-refractivity contribution in [1.82, 2.24) is 0 Å². The molecule has 28 heavy (non-hydrogen) atoms. The number of amides is 2. The molecule has 1 saturated heterocycles. The van der Waals surface area contributed by atoms with Gasteiger partial charge < -0.3 is 0 Å². The van der Waals surface area contributed by atoms with Gasteiger partial charge >= 0.3 is 6.18 Å². The van der Waals surface area contributed by atoms with E-state index in [0.29, 0.717) is 0 Å². The van der Waals surface area contributed by atoms with Gasteiger partial charge in [-0.25, -0.2) is 4.90 Å². The van der Waals surface area contributed by atoms with Crippen LogP contribution < -0.4 is 4.90 Å². The Morgan fingerprint density at radius 1 is 0.893 bits per heavy atom. The van der Waals surface area contributed by atoms with Crippen molar-refractivity contribution in [2.75, 3.05) is 4.90 Å². The Kier molecular flexibility index (Phi) is 3.83. The van der Waals surface area contributed by atoms with E-state index in [-0.39, 0.29) is 29.3 Å². The minimum absolute atomic E-state index is 0.0190. The molecular weight excluding hydrogens is 367 g/mol. The summed E-state index contributed by atoms with van der Waals surface area (Å²) in [6, 6.07) is 4.50. The van der Waals surface area contributed by atoms with E-state index in [1.165, 1.54) is 29.7 Å². The van der Waals surface area contributed by atoms with Gasteiger partial charge in [-0.15, -0.1) is 0 Å². The number of hydrogen-bond acceptors (Lipinski definition) is 2. The van der Waals surface area contributed by atoms with Crippen LogP contribution in [0.5, 0.6) is 0 Å². The summed E-state index contributed by atoms with van der Waals surface area (Å²) in [7, 11) is 0. The van der Waals surface area contributed by atoms with Gasteiger partial charge in [-0.05, 0) is 43.9 Å². The lowest BCUT2D eigenvalue weighted by molar-refractivity contribution is -0.137. The van der Waals surface area contributed by atoms with E-state index < -0.39 is 23.6 Å². The molecule has 1 aromatic rings. The highest BCUT2D eigenvalue weighted by Gasteiger charge is 2.62. The second-order valence-corrected chi connectivity index (χ2v) is 8.17. The number of halogens is 3. The van der Waals surface area contributed by atoms with Crippen molar-refractivity contribution in [2.45, 2.75) is 38.3 Å². The van der Waals surface area contributed by atoms with Crippen molar-refractivity contribution < 1.29 is 22.8 Å². The van der Waals surface area contributed by atoms with E-state index in [1.54, 1.807) is 0 Å². The largest absolute Gasteiger partial charge is 0.416 e. The second-order valence-electron chi connectivity index (χ2n) is 8.17. The zero-order chi connectivity index (χ0) is 19.6. The monoisotopic (exact) mass is 387 g/mol. The predicted octanol–water partition coefficient (Wildman–Crippen LogP) is 4.89. The molecule has 0 aromatic heterocycles. The summed E-state index contributed by atoms with van der Waals surface area (Å²) in [5.41, 5.74) is 1.81. The highest BCUT2D eigenvalue weighted by molar-refractivity contribution is 6.23. The maximum Gasteiger partial charge on any atom is 0.416 e. The first-order valence-corrected chi connectivity index (χ1v) is 9.83. The Hall–Kier alpha value is -2.37. The number of alkyl halides is 3. The quantitative estimate of drug-likeness (QED) is 0.508. The van der Waals surface area contributed by atoms with Gasteiger partial charge in [0.05, 0.1) is 23.1 Å². The Balaban J connectivity index is 1.51. The fraction of sp³-hybridized carbons (Fsp3) is 0.455. The van der Waals surface area contributed by atoms with Crippen molar-refractivity contribution in [2.24, 2.45) is 23.7 Å². The molecule has 4 atom stereocenters. The molecule has 3 fully saturated rings. The number of carbonyl (C=O) groups excluding carboxylic acids is 2. The topological polar surface area (TPSA) is 37.4 Å². The molecule has 0 unspecified atom stereocenters. The highest BCUT2D eigenvalue weighted by atomic mass is 19.4. The van der Waals surface area contributed by atoms with Crippen LogP contribution in [0.25, 0.3) is 0 Å². The first-order valence-electron chi connectivity index (χ1n) is 9.83. The van der Waals surface area contributed by atoms with Crippen molar-refractivity contribution in [3.63, 3.8) is 0 Å². The van der Waals surface area contributed by atoms with Gasteiger partial charge in [0, 0.05) is 11.8 Å². The third kappa shape index (κ3) is 2.43. The number of rotatable bonds is 1. The van der Waals surface area contributed by atoms with Crippen LogP contribution in [0.3, 0.4) is 0 Å². The summed E-state index contributed by atoms with van der Waals surface area (Å²) in [6.07, 6.45) is 5.11. The van der Waals surface area contributed by atoms with Crippen LogP contribution in [0.2, 0.25) is 0 Å². The van der Waals surface area contributed by atoms with Crippen LogP contribution in [0.4, 0.5) is 18.9 Å². The maximum absolute atomic E-state index is 13.1. The predicted molar refractivity (Wildman–Crippen MR) is 97.1 cm³/mol. The summed E-state index contributed by atoms with van der Waals surface area (Å²) in [4.78, 5) is 27.3. The fourth-order valence-electron chi connectivity index (χ4n) is 5.58. The zero-order valence-corrected chi connectivity index (χ0v) is 15.2. The van der Waals surface area contributed by atoms with E-state index in [0.717, 1.165) is 42.7 Å². The second kappa shape index (κ2) is 6.06. The molecule has 1 aromatic carbocycles. The van der Waals surface area contributed by atoms with Crippen LogP contribution in [0, 0.1) is 23.7 Å². The van der Waals surface area contributed by atoms with E-state index in [1.807, 2.05) is 12.2 Å². The Bertz CT molecular complexity index is 888. The summed E-state index contributed by atoms with van der Waals surface area (Å²) in [6.45, 7) is 0. The van der Waals surface area contributed by atoms with Gasteiger partial charge in [0.25, 0.3) is 0 Å². The number of hydrogen-bond donors (Lipinski definition) is 0. The molecular formula is C22H20F3NO2. The number of allylic oxidation sites excluding steroid dienone is 4. The van der Waals surface area contributed by atoms with E-state index in [9.17, 15) is 22.8 Å². The van der Waals surface area contributed by atoms with Crippen LogP contribution in [0.15, 0.2) is 47.6 Å². The number of nitrogens with zero attached hydrogens (tertiary/aromatic N) is 1. The lowest BCUT2D eigenvalue weighted by Gasteiger charge is -2.23. The van der Waals surface area contributed by atoms with Gasteiger partial charge in [0.2, 0.25) is 11.8 Å². The molecule has 3 nitrogen and oxygen atoms in total. The molecule has 6 heteroatoms. The number of anilines is 1. The highest BCUT2D eigenvalue weighted by Crippen LogP contribution is 2.58. The van der Waals surface area contributed by atoms with E-state index >= 15 is 0 Å². The molecule has 2 amide bonds. The normalized spacial score (nSPS) is 31.9. The zero-order valence-electron chi connectivity index (χ0n) is 15.2. The average Bonchev–Trinajstić information content (AvgIpc) is 3.31. The molecule has 0 spiro atoms. The Morgan fingerprint density at radius 2 is 1.50 bits per heavy atom. The lowest BCUT2D eigenvalue weighted by Crippen LogP contribution is -2.33. The van der Waals surface area contributed by atoms with Crippen LogP contribution in [-0.2, 0) is 15.8 Å². The van der Waals surface area contributed by atoms with Crippen molar-refractivity contribution in [1.29, 1.82) is 0 Å². The summed E-state index contributed by atoms with van der Waals surface area (Å²) in [5.74, 6) is -1.81. The van der Waals surface area contributed by atoms with Gasteiger partial charge in [-0.1, -0.05) is 35.8 Å². The Labute approximate surface area is 160 Å². The molecule has 1 aliphatic heterocycles. The van der Waals surface area contributed by atoms with Gasteiger partial charge in [-0.3, -0.25) is 9.59 Å². The maximum atomic E-state index is 13.1. The SMILES string of the molecule is O=C1[C@H]2[C@H](C(=O)N1c1cccc(C(F)(F)F)c1)[C@H]1C=C[C@H]2C1=C1CCCCC1. The molecule has 1 heterocycles. The molecule has 5 rings (SSSR count). The van der Waals surface area contributed by atoms with Crippen LogP contribution >= 0.6 is 0 Å². The summed E-state index contributed by atoms with van der Waals surface area (Å²) >= 11 is 0. The molecule has 3 aliphatic carbocycles. The van der Waals surface area contributed by atoms with Crippen molar-refractivity contribution >= 4 is 17.5 Å². The molecule has 2 bridgehead atoms. The number of fused-ring (bicyclic) bond motifs is 5. The summed E-state index contributed by atoms with van der Waals surface area (Å²) in [5, 5.41) is 0. The third-order valence-electron chi connectivity index (χ3n) is 6.71.